The zero-order valence-corrected chi connectivity index (χ0v) is 12.7. The SMILES string of the molecule is CC(C)(C)N1CCC(N)C1c1cc(Br)ccc1F. The molecule has 1 aromatic carbocycles. The van der Waals surface area contributed by atoms with Crippen molar-refractivity contribution in [1.82, 2.24) is 4.90 Å². The average molecular weight is 315 g/mol. The van der Waals surface area contributed by atoms with Gasteiger partial charge in [0.2, 0.25) is 0 Å². The molecule has 1 aliphatic heterocycles. The zero-order chi connectivity index (χ0) is 13.5. The number of rotatable bonds is 1. The van der Waals surface area contributed by atoms with Crippen LogP contribution in [0.4, 0.5) is 4.39 Å². The molecule has 0 spiro atoms. The van der Waals surface area contributed by atoms with Crippen LogP contribution in [0.1, 0.15) is 38.8 Å². The van der Waals surface area contributed by atoms with E-state index < -0.39 is 0 Å². The highest BCUT2D eigenvalue weighted by molar-refractivity contribution is 9.10. The van der Waals surface area contributed by atoms with Gasteiger partial charge >= 0.3 is 0 Å². The van der Waals surface area contributed by atoms with Crippen LogP contribution in [0.25, 0.3) is 0 Å². The number of benzene rings is 1. The van der Waals surface area contributed by atoms with Gasteiger partial charge in [-0.2, -0.15) is 0 Å². The average Bonchev–Trinajstić information content (AvgIpc) is 2.63. The lowest BCUT2D eigenvalue weighted by molar-refractivity contribution is 0.115. The lowest BCUT2D eigenvalue weighted by atomic mass is 9.96. The van der Waals surface area contributed by atoms with E-state index in [0.29, 0.717) is 5.56 Å². The second-order valence-corrected chi connectivity index (χ2v) is 6.84. The molecule has 2 N–H and O–H groups in total. The Morgan fingerprint density at radius 3 is 2.67 bits per heavy atom. The summed E-state index contributed by atoms with van der Waals surface area (Å²) in [6.45, 7) is 7.36. The summed E-state index contributed by atoms with van der Waals surface area (Å²) in [5.74, 6) is -0.171. The molecular weight excluding hydrogens is 295 g/mol. The molecule has 0 aromatic heterocycles. The number of likely N-dealkylation sites (tertiary alicyclic amines) is 1. The summed E-state index contributed by atoms with van der Waals surface area (Å²) < 4.78 is 14.9. The maximum Gasteiger partial charge on any atom is 0.128 e. The molecule has 100 valence electrons. The van der Waals surface area contributed by atoms with E-state index >= 15 is 0 Å². The summed E-state index contributed by atoms with van der Waals surface area (Å²) in [6, 6.07) is 5.03. The largest absolute Gasteiger partial charge is 0.326 e. The van der Waals surface area contributed by atoms with E-state index in [9.17, 15) is 4.39 Å². The van der Waals surface area contributed by atoms with Crippen LogP contribution >= 0.6 is 15.9 Å². The van der Waals surface area contributed by atoms with E-state index in [4.69, 9.17) is 5.73 Å². The van der Waals surface area contributed by atoms with Gasteiger partial charge in [0, 0.05) is 28.2 Å². The first-order valence-corrected chi connectivity index (χ1v) is 7.07. The summed E-state index contributed by atoms with van der Waals surface area (Å²) in [6.07, 6.45) is 0.911. The summed E-state index contributed by atoms with van der Waals surface area (Å²) in [5, 5.41) is 0. The van der Waals surface area contributed by atoms with Crippen LogP contribution in [0.5, 0.6) is 0 Å². The Morgan fingerprint density at radius 1 is 1.39 bits per heavy atom. The van der Waals surface area contributed by atoms with Crippen LogP contribution < -0.4 is 5.73 Å². The maximum absolute atomic E-state index is 14.1. The Kier molecular flexibility index (Phi) is 3.81. The topological polar surface area (TPSA) is 29.3 Å². The van der Waals surface area contributed by atoms with E-state index in [1.54, 1.807) is 6.07 Å². The molecule has 0 radical (unpaired) electrons. The number of nitrogens with two attached hydrogens (primary N) is 1. The zero-order valence-electron chi connectivity index (χ0n) is 11.1. The van der Waals surface area contributed by atoms with Gasteiger partial charge in [-0.1, -0.05) is 15.9 Å². The highest BCUT2D eigenvalue weighted by atomic mass is 79.9. The molecule has 0 saturated carbocycles. The van der Waals surface area contributed by atoms with Crippen molar-refractivity contribution < 1.29 is 4.39 Å². The fraction of sp³-hybridized carbons (Fsp3) is 0.571. The van der Waals surface area contributed by atoms with E-state index in [2.05, 4.69) is 41.6 Å². The maximum atomic E-state index is 14.1. The highest BCUT2D eigenvalue weighted by Gasteiger charge is 2.39. The minimum Gasteiger partial charge on any atom is -0.326 e. The van der Waals surface area contributed by atoms with E-state index in [-0.39, 0.29) is 23.4 Å². The summed E-state index contributed by atoms with van der Waals surface area (Å²) in [5.41, 5.74) is 6.89. The molecule has 0 bridgehead atoms. The Hall–Kier alpha value is -0.450. The first-order chi connectivity index (χ1) is 8.30. The van der Waals surface area contributed by atoms with Crippen LogP contribution in [0, 0.1) is 5.82 Å². The molecule has 2 rings (SSSR count). The molecule has 1 aromatic rings. The van der Waals surface area contributed by atoms with Gasteiger partial charge in [0.1, 0.15) is 5.82 Å². The fourth-order valence-electron chi connectivity index (χ4n) is 2.71. The number of nitrogens with zero attached hydrogens (tertiary/aromatic N) is 1. The minimum atomic E-state index is -0.171. The Morgan fingerprint density at radius 2 is 2.06 bits per heavy atom. The first-order valence-electron chi connectivity index (χ1n) is 6.28. The quantitative estimate of drug-likeness (QED) is 0.860. The standard InChI is InChI=1S/C14H20BrFN2/c1-14(2,3)18-7-6-12(17)13(18)10-8-9(15)4-5-11(10)16/h4-5,8,12-13H,6-7,17H2,1-3H3. The van der Waals surface area contributed by atoms with Gasteiger partial charge in [0.15, 0.2) is 0 Å². The van der Waals surface area contributed by atoms with E-state index in [1.165, 1.54) is 6.07 Å². The monoisotopic (exact) mass is 314 g/mol. The van der Waals surface area contributed by atoms with Crippen molar-refractivity contribution in [3.05, 3.63) is 34.1 Å². The van der Waals surface area contributed by atoms with Gasteiger partial charge in [-0.25, -0.2) is 4.39 Å². The van der Waals surface area contributed by atoms with Crippen LogP contribution in [-0.4, -0.2) is 23.0 Å². The van der Waals surface area contributed by atoms with E-state index in [0.717, 1.165) is 17.4 Å². The summed E-state index contributed by atoms with van der Waals surface area (Å²) in [7, 11) is 0. The first kappa shape index (κ1) is 14.0. The number of hydrogen-bond acceptors (Lipinski definition) is 2. The lowest BCUT2D eigenvalue weighted by Gasteiger charge is -2.38. The molecule has 1 heterocycles. The van der Waals surface area contributed by atoms with Gasteiger partial charge in [-0.15, -0.1) is 0 Å². The van der Waals surface area contributed by atoms with Crippen LogP contribution in [0.3, 0.4) is 0 Å². The lowest BCUT2D eigenvalue weighted by Crippen LogP contribution is -2.43. The molecule has 1 saturated heterocycles. The molecule has 4 heteroatoms. The molecular formula is C14H20BrFN2. The number of halogens is 2. The van der Waals surface area contributed by atoms with E-state index in [1.807, 2.05) is 6.07 Å². The fourth-order valence-corrected chi connectivity index (χ4v) is 3.09. The number of hydrogen-bond donors (Lipinski definition) is 1. The molecule has 1 aliphatic rings. The van der Waals surface area contributed by atoms with Crippen molar-refractivity contribution in [1.29, 1.82) is 0 Å². The van der Waals surface area contributed by atoms with Crippen molar-refractivity contribution in [3.63, 3.8) is 0 Å². The Balaban J connectivity index is 2.43. The van der Waals surface area contributed by atoms with Gasteiger partial charge in [0.05, 0.1) is 6.04 Å². The van der Waals surface area contributed by atoms with Crippen molar-refractivity contribution in [2.24, 2.45) is 5.73 Å². The van der Waals surface area contributed by atoms with Crippen LogP contribution in [-0.2, 0) is 0 Å². The Labute approximate surface area is 116 Å². The second-order valence-electron chi connectivity index (χ2n) is 5.93. The third-order valence-corrected chi connectivity index (χ3v) is 4.08. The van der Waals surface area contributed by atoms with Gasteiger partial charge < -0.3 is 5.73 Å². The third kappa shape index (κ3) is 2.60. The Bertz CT molecular complexity index is 442. The third-order valence-electron chi connectivity index (χ3n) is 3.58. The highest BCUT2D eigenvalue weighted by Crippen LogP contribution is 2.38. The smallest absolute Gasteiger partial charge is 0.128 e. The van der Waals surface area contributed by atoms with Crippen molar-refractivity contribution in [2.75, 3.05) is 6.54 Å². The van der Waals surface area contributed by atoms with Crippen LogP contribution in [0.2, 0.25) is 0 Å². The molecule has 0 aliphatic carbocycles. The predicted molar refractivity (Wildman–Crippen MR) is 75.9 cm³/mol. The van der Waals surface area contributed by atoms with Crippen molar-refractivity contribution >= 4 is 15.9 Å². The van der Waals surface area contributed by atoms with Crippen molar-refractivity contribution in [3.8, 4) is 0 Å². The minimum absolute atomic E-state index is 0.00640. The second kappa shape index (κ2) is 4.91. The van der Waals surface area contributed by atoms with Gasteiger partial charge in [-0.3, -0.25) is 4.90 Å². The van der Waals surface area contributed by atoms with Gasteiger partial charge in [-0.05, 0) is 45.4 Å². The summed E-state index contributed by atoms with van der Waals surface area (Å²) in [4.78, 5) is 2.29. The normalized spacial score (nSPS) is 25.7. The predicted octanol–water partition coefficient (Wildman–Crippen LogP) is 3.46. The van der Waals surface area contributed by atoms with Gasteiger partial charge in [0.25, 0.3) is 0 Å². The molecule has 18 heavy (non-hydrogen) atoms. The molecule has 1 fully saturated rings. The molecule has 2 nitrogen and oxygen atoms in total. The van der Waals surface area contributed by atoms with Crippen molar-refractivity contribution in [2.45, 2.75) is 44.8 Å². The molecule has 0 amide bonds. The summed E-state index contributed by atoms with van der Waals surface area (Å²) >= 11 is 3.41. The molecule has 2 atom stereocenters. The van der Waals surface area contributed by atoms with Crippen LogP contribution in [0.15, 0.2) is 22.7 Å². The molecule has 2 unspecified atom stereocenters.